The van der Waals surface area contributed by atoms with E-state index in [1.807, 2.05) is 6.92 Å². The Hall–Kier alpha value is -0.830. The SMILES string of the molecule is C/C=C/C(=O)OC1CC(C)(C)N(CCCC)C(C)(C)C1. The zero-order chi connectivity index (χ0) is 15.4. The molecule has 0 aromatic carbocycles. The first-order valence-electron chi connectivity index (χ1n) is 7.84. The van der Waals surface area contributed by atoms with Gasteiger partial charge >= 0.3 is 5.97 Å². The fourth-order valence-electron chi connectivity index (χ4n) is 3.57. The lowest BCUT2D eigenvalue weighted by atomic mass is 9.78. The second-order valence-electron chi connectivity index (χ2n) is 7.10. The van der Waals surface area contributed by atoms with Crippen LogP contribution < -0.4 is 0 Å². The van der Waals surface area contributed by atoms with Gasteiger partial charge in [-0.15, -0.1) is 0 Å². The summed E-state index contributed by atoms with van der Waals surface area (Å²) >= 11 is 0. The van der Waals surface area contributed by atoms with Crippen LogP contribution in [0.3, 0.4) is 0 Å². The third-order valence-corrected chi connectivity index (χ3v) is 4.24. The summed E-state index contributed by atoms with van der Waals surface area (Å²) < 4.78 is 5.60. The van der Waals surface area contributed by atoms with E-state index in [-0.39, 0.29) is 23.2 Å². The van der Waals surface area contributed by atoms with E-state index < -0.39 is 0 Å². The van der Waals surface area contributed by atoms with E-state index in [2.05, 4.69) is 39.5 Å². The topological polar surface area (TPSA) is 29.5 Å². The number of piperidine rings is 1. The van der Waals surface area contributed by atoms with Crippen LogP contribution >= 0.6 is 0 Å². The Morgan fingerprint density at radius 1 is 1.25 bits per heavy atom. The highest BCUT2D eigenvalue weighted by Gasteiger charge is 2.45. The molecule has 0 spiro atoms. The van der Waals surface area contributed by atoms with Crippen molar-refractivity contribution in [2.24, 2.45) is 0 Å². The number of hydrogen-bond donors (Lipinski definition) is 0. The van der Waals surface area contributed by atoms with Crippen LogP contribution in [0.15, 0.2) is 12.2 Å². The van der Waals surface area contributed by atoms with Crippen LogP contribution in [0.1, 0.15) is 67.2 Å². The molecule has 0 aromatic heterocycles. The lowest BCUT2D eigenvalue weighted by molar-refractivity contribution is -0.154. The number of carbonyl (C=O) groups is 1. The maximum atomic E-state index is 11.7. The summed E-state index contributed by atoms with van der Waals surface area (Å²) in [5.41, 5.74) is 0.135. The summed E-state index contributed by atoms with van der Waals surface area (Å²) in [6, 6.07) is 0. The number of allylic oxidation sites excluding steroid dienone is 1. The van der Waals surface area contributed by atoms with Crippen LogP contribution in [0.2, 0.25) is 0 Å². The van der Waals surface area contributed by atoms with Gasteiger partial charge in [0.25, 0.3) is 0 Å². The van der Waals surface area contributed by atoms with E-state index in [0.717, 1.165) is 19.4 Å². The third-order valence-electron chi connectivity index (χ3n) is 4.24. The molecule has 1 heterocycles. The third kappa shape index (κ3) is 4.34. The first-order valence-corrected chi connectivity index (χ1v) is 7.84. The van der Waals surface area contributed by atoms with Gasteiger partial charge in [-0.1, -0.05) is 19.4 Å². The quantitative estimate of drug-likeness (QED) is 0.565. The zero-order valence-corrected chi connectivity index (χ0v) is 14.0. The zero-order valence-electron chi connectivity index (χ0n) is 14.0. The predicted octanol–water partition coefficient (Wildman–Crippen LogP) is 3.93. The van der Waals surface area contributed by atoms with Gasteiger partial charge in [0.15, 0.2) is 0 Å². The van der Waals surface area contributed by atoms with Gasteiger partial charge in [-0.05, 0) is 47.6 Å². The molecule has 20 heavy (non-hydrogen) atoms. The molecule has 1 rings (SSSR count). The second kappa shape index (κ2) is 6.75. The maximum absolute atomic E-state index is 11.7. The van der Waals surface area contributed by atoms with Crippen molar-refractivity contribution in [3.05, 3.63) is 12.2 Å². The van der Waals surface area contributed by atoms with Crippen molar-refractivity contribution in [1.82, 2.24) is 4.90 Å². The number of unbranched alkanes of at least 4 members (excludes halogenated alkanes) is 1. The number of ether oxygens (including phenoxy) is 1. The Morgan fingerprint density at radius 2 is 1.80 bits per heavy atom. The molecule has 3 nitrogen and oxygen atoms in total. The molecule has 0 aromatic rings. The molecule has 0 amide bonds. The van der Waals surface area contributed by atoms with E-state index in [1.54, 1.807) is 6.08 Å². The molecular formula is C17H31NO2. The summed E-state index contributed by atoms with van der Waals surface area (Å²) in [5.74, 6) is -0.217. The lowest BCUT2D eigenvalue weighted by Crippen LogP contribution is -2.62. The molecule has 0 N–H and O–H groups in total. The van der Waals surface area contributed by atoms with Crippen LogP contribution in [0.4, 0.5) is 0 Å². The Labute approximate surface area is 124 Å². The molecule has 1 aliphatic rings. The number of likely N-dealkylation sites (tertiary alicyclic amines) is 1. The standard InChI is InChI=1S/C17H31NO2/c1-7-9-11-18-16(3,4)12-14(13-17(18,5)6)20-15(19)10-8-2/h8,10,14H,7,9,11-13H2,1-6H3/b10-8+. The Balaban J connectivity index is 2.78. The summed E-state index contributed by atoms with van der Waals surface area (Å²) in [6.07, 6.45) is 7.49. The van der Waals surface area contributed by atoms with Crippen molar-refractivity contribution in [2.45, 2.75) is 84.4 Å². The number of hydrogen-bond acceptors (Lipinski definition) is 3. The fourth-order valence-corrected chi connectivity index (χ4v) is 3.57. The Kier molecular flexibility index (Phi) is 5.81. The average molecular weight is 281 g/mol. The van der Waals surface area contributed by atoms with E-state index in [0.29, 0.717) is 0 Å². The molecular weight excluding hydrogens is 250 g/mol. The van der Waals surface area contributed by atoms with Gasteiger partial charge in [-0.25, -0.2) is 4.79 Å². The van der Waals surface area contributed by atoms with Crippen LogP contribution in [-0.4, -0.2) is 34.6 Å². The van der Waals surface area contributed by atoms with E-state index in [9.17, 15) is 4.79 Å². The molecule has 0 saturated carbocycles. The highest BCUT2D eigenvalue weighted by atomic mass is 16.5. The Morgan fingerprint density at radius 3 is 2.25 bits per heavy atom. The van der Waals surface area contributed by atoms with Crippen molar-refractivity contribution < 1.29 is 9.53 Å². The number of carbonyl (C=O) groups excluding carboxylic acids is 1. The molecule has 1 saturated heterocycles. The fraction of sp³-hybridized carbons (Fsp3) is 0.824. The van der Waals surface area contributed by atoms with Crippen LogP contribution in [0.25, 0.3) is 0 Å². The highest BCUT2D eigenvalue weighted by molar-refractivity contribution is 5.81. The maximum Gasteiger partial charge on any atom is 0.330 e. The first kappa shape index (κ1) is 17.2. The number of rotatable bonds is 5. The molecule has 1 aliphatic heterocycles. The van der Waals surface area contributed by atoms with Gasteiger partial charge in [-0.3, -0.25) is 4.90 Å². The van der Waals surface area contributed by atoms with Crippen molar-refractivity contribution >= 4 is 5.97 Å². The molecule has 0 atom stereocenters. The summed E-state index contributed by atoms with van der Waals surface area (Å²) in [4.78, 5) is 14.3. The van der Waals surface area contributed by atoms with Gasteiger partial charge in [0.1, 0.15) is 6.10 Å². The van der Waals surface area contributed by atoms with E-state index in [4.69, 9.17) is 4.74 Å². The molecule has 0 radical (unpaired) electrons. The minimum Gasteiger partial charge on any atom is -0.459 e. The monoisotopic (exact) mass is 281 g/mol. The number of nitrogens with zero attached hydrogens (tertiary/aromatic N) is 1. The minimum absolute atomic E-state index is 0.0153. The normalized spacial score (nSPS) is 23.1. The molecule has 0 aliphatic carbocycles. The van der Waals surface area contributed by atoms with Gasteiger partial charge in [0.05, 0.1) is 0 Å². The van der Waals surface area contributed by atoms with Crippen LogP contribution in [0, 0.1) is 0 Å². The molecule has 1 fully saturated rings. The van der Waals surface area contributed by atoms with Crippen molar-refractivity contribution in [1.29, 1.82) is 0 Å². The highest BCUT2D eigenvalue weighted by Crippen LogP contribution is 2.39. The van der Waals surface area contributed by atoms with E-state index in [1.165, 1.54) is 18.9 Å². The minimum atomic E-state index is -0.217. The summed E-state index contributed by atoms with van der Waals surface area (Å²) in [7, 11) is 0. The molecule has 0 unspecified atom stereocenters. The molecule has 3 heteroatoms. The molecule has 116 valence electrons. The Bertz CT molecular complexity index is 340. The van der Waals surface area contributed by atoms with E-state index >= 15 is 0 Å². The smallest absolute Gasteiger partial charge is 0.330 e. The first-order chi connectivity index (χ1) is 9.23. The van der Waals surface area contributed by atoms with Gasteiger partial charge in [0.2, 0.25) is 0 Å². The number of esters is 1. The second-order valence-corrected chi connectivity index (χ2v) is 7.10. The van der Waals surface area contributed by atoms with Crippen molar-refractivity contribution in [2.75, 3.05) is 6.54 Å². The predicted molar refractivity (Wildman–Crippen MR) is 83.7 cm³/mol. The van der Waals surface area contributed by atoms with Crippen LogP contribution in [-0.2, 0) is 9.53 Å². The van der Waals surface area contributed by atoms with Crippen LogP contribution in [0.5, 0.6) is 0 Å². The van der Waals surface area contributed by atoms with Gasteiger partial charge in [0, 0.05) is 30.0 Å². The van der Waals surface area contributed by atoms with Gasteiger partial charge < -0.3 is 4.74 Å². The lowest BCUT2D eigenvalue weighted by Gasteiger charge is -2.55. The summed E-state index contributed by atoms with van der Waals surface area (Å²) in [5, 5.41) is 0. The molecule has 0 bridgehead atoms. The average Bonchev–Trinajstić information content (AvgIpc) is 2.25. The van der Waals surface area contributed by atoms with Gasteiger partial charge in [-0.2, -0.15) is 0 Å². The summed E-state index contributed by atoms with van der Waals surface area (Å²) in [6.45, 7) is 14.2. The largest absolute Gasteiger partial charge is 0.459 e. The van der Waals surface area contributed by atoms with Crippen molar-refractivity contribution in [3.63, 3.8) is 0 Å². The van der Waals surface area contributed by atoms with Crippen molar-refractivity contribution in [3.8, 4) is 0 Å².